The van der Waals surface area contributed by atoms with Gasteiger partial charge in [-0.05, 0) is 26.2 Å². The van der Waals surface area contributed by atoms with Gasteiger partial charge in [-0.3, -0.25) is 4.79 Å². The van der Waals surface area contributed by atoms with Crippen LogP contribution in [-0.4, -0.2) is 49.1 Å². The second kappa shape index (κ2) is 5.33. The number of carbonyl (C=O) groups is 1. The van der Waals surface area contributed by atoms with E-state index in [0.717, 1.165) is 6.42 Å². The van der Waals surface area contributed by atoms with Crippen LogP contribution in [0.4, 0.5) is 0 Å². The second-order valence-electron chi connectivity index (χ2n) is 5.01. The topological polar surface area (TPSA) is 67.8 Å². The number of rotatable bonds is 3. The van der Waals surface area contributed by atoms with Crippen LogP contribution in [0, 0.1) is 5.92 Å². The van der Waals surface area contributed by atoms with E-state index in [1.165, 1.54) is 0 Å². The molecule has 2 atom stereocenters. The normalized spacial score (nSPS) is 32.4. The van der Waals surface area contributed by atoms with Crippen LogP contribution in [-0.2, 0) is 14.3 Å². The lowest BCUT2D eigenvalue weighted by Gasteiger charge is -2.37. The standard InChI is InChI=1S/C12H21NO4/c1-9-10(2-5-17-9)11(15)13-12(8-14)3-6-16-7-4-12/h9-10,14H,2-8H2,1H3,(H,13,15). The van der Waals surface area contributed by atoms with Crippen molar-refractivity contribution in [2.45, 2.75) is 37.8 Å². The quantitative estimate of drug-likeness (QED) is 0.736. The first kappa shape index (κ1) is 12.8. The van der Waals surface area contributed by atoms with Crippen LogP contribution in [0.15, 0.2) is 0 Å². The van der Waals surface area contributed by atoms with Crippen LogP contribution >= 0.6 is 0 Å². The summed E-state index contributed by atoms with van der Waals surface area (Å²) in [6, 6.07) is 0. The SMILES string of the molecule is CC1OCCC1C(=O)NC1(CO)CCOCC1. The Hall–Kier alpha value is -0.650. The van der Waals surface area contributed by atoms with Crippen molar-refractivity contribution in [2.75, 3.05) is 26.4 Å². The number of hydrogen-bond donors (Lipinski definition) is 2. The molecule has 2 aliphatic heterocycles. The van der Waals surface area contributed by atoms with E-state index in [4.69, 9.17) is 9.47 Å². The molecule has 0 aromatic rings. The molecule has 2 unspecified atom stereocenters. The van der Waals surface area contributed by atoms with Gasteiger partial charge in [-0.15, -0.1) is 0 Å². The minimum absolute atomic E-state index is 0.00551. The van der Waals surface area contributed by atoms with E-state index < -0.39 is 5.54 Å². The van der Waals surface area contributed by atoms with Crippen molar-refractivity contribution in [2.24, 2.45) is 5.92 Å². The summed E-state index contributed by atoms with van der Waals surface area (Å²) in [5, 5.41) is 12.5. The minimum atomic E-state index is -0.488. The monoisotopic (exact) mass is 243 g/mol. The Morgan fingerprint density at radius 3 is 2.65 bits per heavy atom. The summed E-state index contributed by atoms with van der Waals surface area (Å²) in [6.07, 6.45) is 2.10. The molecule has 5 heteroatoms. The van der Waals surface area contributed by atoms with Crippen molar-refractivity contribution in [3.8, 4) is 0 Å². The molecule has 2 rings (SSSR count). The largest absolute Gasteiger partial charge is 0.394 e. The van der Waals surface area contributed by atoms with E-state index >= 15 is 0 Å². The highest BCUT2D eigenvalue weighted by Crippen LogP contribution is 2.24. The molecule has 0 aromatic carbocycles. The molecule has 1 amide bonds. The molecule has 2 heterocycles. The number of ether oxygens (including phenoxy) is 2. The highest BCUT2D eigenvalue weighted by atomic mass is 16.5. The molecule has 98 valence electrons. The Morgan fingerprint density at radius 2 is 2.12 bits per heavy atom. The fraction of sp³-hybridized carbons (Fsp3) is 0.917. The van der Waals surface area contributed by atoms with E-state index in [1.54, 1.807) is 0 Å². The third-order valence-electron chi connectivity index (χ3n) is 3.85. The minimum Gasteiger partial charge on any atom is -0.394 e. The van der Waals surface area contributed by atoms with E-state index in [0.29, 0.717) is 32.7 Å². The molecular formula is C12H21NO4. The molecule has 0 radical (unpaired) electrons. The molecule has 2 fully saturated rings. The summed E-state index contributed by atoms with van der Waals surface area (Å²) in [5.74, 6) is -0.0766. The Morgan fingerprint density at radius 1 is 1.41 bits per heavy atom. The maximum absolute atomic E-state index is 12.1. The Balaban J connectivity index is 1.95. The van der Waals surface area contributed by atoms with Crippen molar-refractivity contribution in [3.05, 3.63) is 0 Å². The van der Waals surface area contributed by atoms with Crippen molar-refractivity contribution in [1.82, 2.24) is 5.32 Å². The van der Waals surface area contributed by atoms with Crippen molar-refractivity contribution in [3.63, 3.8) is 0 Å². The lowest BCUT2D eigenvalue weighted by Crippen LogP contribution is -2.56. The highest BCUT2D eigenvalue weighted by Gasteiger charge is 2.38. The van der Waals surface area contributed by atoms with Gasteiger partial charge in [0.2, 0.25) is 5.91 Å². The van der Waals surface area contributed by atoms with Gasteiger partial charge in [-0.1, -0.05) is 0 Å². The van der Waals surface area contributed by atoms with Crippen LogP contribution in [0.25, 0.3) is 0 Å². The first-order chi connectivity index (χ1) is 8.17. The lowest BCUT2D eigenvalue weighted by molar-refractivity contribution is -0.130. The van der Waals surface area contributed by atoms with Gasteiger partial charge in [0, 0.05) is 19.8 Å². The fourth-order valence-corrected chi connectivity index (χ4v) is 2.51. The highest BCUT2D eigenvalue weighted by molar-refractivity contribution is 5.80. The average molecular weight is 243 g/mol. The number of amides is 1. The second-order valence-corrected chi connectivity index (χ2v) is 5.01. The molecule has 0 bridgehead atoms. The van der Waals surface area contributed by atoms with Crippen LogP contribution in [0.5, 0.6) is 0 Å². The van der Waals surface area contributed by atoms with Gasteiger partial charge in [-0.2, -0.15) is 0 Å². The van der Waals surface area contributed by atoms with Gasteiger partial charge in [0.25, 0.3) is 0 Å². The summed E-state index contributed by atoms with van der Waals surface area (Å²) in [5.41, 5.74) is -0.488. The number of aliphatic hydroxyl groups is 1. The maximum atomic E-state index is 12.1. The summed E-state index contributed by atoms with van der Waals surface area (Å²) >= 11 is 0. The van der Waals surface area contributed by atoms with Gasteiger partial charge in [0.1, 0.15) is 0 Å². The van der Waals surface area contributed by atoms with Crippen molar-refractivity contribution < 1.29 is 19.4 Å². The Bertz CT molecular complexity index is 276. The van der Waals surface area contributed by atoms with E-state index in [1.807, 2.05) is 6.92 Å². The Labute approximate surface area is 101 Å². The summed E-state index contributed by atoms with van der Waals surface area (Å²) in [6.45, 7) is 3.74. The van der Waals surface area contributed by atoms with Gasteiger partial charge in [0.15, 0.2) is 0 Å². The number of carbonyl (C=O) groups excluding carboxylic acids is 1. The third-order valence-corrected chi connectivity index (χ3v) is 3.85. The van der Waals surface area contributed by atoms with E-state index in [-0.39, 0.29) is 24.5 Å². The van der Waals surface area contributed by atoms with Crippen LogP contribution < -0.4 is 5.32 Å². The lowest BCUT2D eigenvalue weighted by atomic mass is 9.89. The molecule has 2 N–H and O–H groups in total. The zero-order chi connectivity index (χ0) is 12.3. The average Bonchev–Trinajstić information content (AvgIpc) is 2.77. The number of nitrogens with one attached hydrogen (secondary N) is 1. The summed E-state index contributed by atoms with van der Waals surface area (Å²) in [7, 11) is 0. The van der Waals surface area contributed by atoms with E-state index in [9.17, 15) is 9.90 Å². The zero-order valence-electron chi connectivity index (χ0n) is 10.3. The van der Waals surface area contributed by atoms with Gasteiger partial charge >= 0.3 is 0 Å². The van der Waals surface area contributed by atoms with Gasteiger partial charge in [0.05, 0.1) is 24.2 Å². The summed E-state index contributed by atoms with van der Waals surface area (Å²) < 4.78 is 10.7. The molecule has 17 heavy (non-hydrogen) atoms. The predicted molar refractivity (Wildman–Crippen MR) is 61.5 cm³/mol. The predicted octanol–water partition coefficient (Wildman–Crippen LogP) is 0.0691. The molecule has 2 aliphatic rings. The van der Waals surface area contributed by atoms with Crippen molar-refractivity contribution in [1.29, 1.82) is 0 Å². The first-order valence-electron chi connectivity index (χ1n) is 6.29. The van der Waals surface area contributed by atoms with Crippen molar-refractivity contribution >= 4 is 5.91 Å². The van der Waals surface area contributed by atoms with Gasteiger partial charge in [-0.25, -0.2) is 0 Å². The molecule has 0 aliphatic carbocycles. The summed E-state index contributed by atoms with van der Waals surface area (Å²) in [4.78, 5) is 12.1. The van der Waals surface area contributed by atoms with Gasteiger partial charge < -0.3 is 19.9 Å². The molecular weight excluding hydrogens is 222 g/mol. The van der Waals surface area contributed by atoms with Crippen LogP contribution in [0.1, 0.15) is 26.2 Å². The number of hydrogen-bond acceptors (Lipinski definition) is 4. The zero-order valence-corrected chi connectivity index (χ0v) is 10.3. The molecule has 5 nitrogen and oxygen atoms in total. The van der Waals surface area contributed by atoms with Crippen LogP contribution in [0.3, 0.4) is 0 Å². The smallest absolute Gasteiger partial charge is 0.226 e. The maximum Gasteiger partial charge on any atom is 0.226 e. The fourth-order valence-electron chi connectivity index (χ4n) is 2.51. The third kappa shape index (κ3) is 2.78. The number of aliphatic hydroxyl groups excluding tert-OH is 1. The first-order valence-corrected chi connectivity index (χ1v) is 6.29. The Kier molecular flexibility index (Phi) is 4.01. The molecule has 0 aromatic heterocycles. The molecule has 2 saturated heterocycles. The van der Waals surface area contributed by atoms with E-state index in [2.05, 4.69) is 5.32 Å². The van der Waals surface area contributed by atoms with Crippen LogP contribution in [0.2, 0.25) is 0 Å². The molecule has 0 saturated carbocycles. The molecule has 0 spiro atoms.